The van der Waals surface area contributed by atoms with Gasteiger partial charge in [0, 0.05) is 37.7 Å². The normalized spacial score (nSPS) is 20.3. The van der Waals surface area contributed by atoms with E-state index in [1.54, 1.807) is 6.20 Å². The summed E-state index contributed by atoms with van der Waals surface area (Å²) in [6, 6.07) is 14.3. The van der Waals surface area contributed by atoms with Crippen LogP contribution >= 0.6 is 0 Å². The van der Waals surface area contributed by atoms with E-state index in [4.69, 9.17) is 0 Å². The van der Waals surface area contributed by atoms with Crippen molar-refractivity contribution in [2.75, 3.05) is 24.7 Å². The van der Waals surface area contributed by atoms with Crippen LogP contribution in [0.3, 0.4) is 0 Å². The molecule has 1 aromatic heterocycles. The number of piperidine rings is 1. The number of anilines is 1. The minimum absolute atomic E-state index is 0.174. The van der Waals surface area contributed by atoms with Crippen LogP contribution in [0.1, 0.15) is 18.4 Å². The van der Waals surface area contributed by atoms with Gasteiger partial charge in [0.2, 0.25) is 5.91 Å². The lowest BCUT2D eigenvalue weighted by atomic mass is 9.85. The van der Waals surface area contributed by atoms with Gasteiger partial charge in [0.15, 0.2) is 0 Å². The zero-order valence-electron chi connectivity index (χ0n) is 13.7. The van der Waals surface area contributed by atoms with Crippen LogP contribution < -0.4 is 10.2 Å². The SMILES string of the molecule is O=C1NCN(c2ccccc2)C12CCN(Cc1cccnc1)CC2. The molecule has 3 heterocycles. The van der Waals surface area contributed by atoms with Crippen molar-refractivity contribution in [2.24, 2.45) is 0 Å². The maximum absolute atomic E-state index is 12.6. The average Bonchev–Trinajstić information content (AvgIpc) is 2.95. The summed E-state index contributed by atoms with van der Waals surface area (Å²) < 4.78 is 0. The summed E-state index contributed by atoms with van der Waals surface area (Å²) in [5, 5.41) is 3.05. The molecule has 4 rings (SSSR count). The molecule has 1 amide bonds. The molecule has 0 atom stereocenters. The van der Waals surface area contributed by atoms with Crippen molar-refractivity contribution in [3.63, 3.8) is 0 Å². The molecule has 0 bridgehead atoms. The highest BCUT2D eigenvalue weighted by Gasteiger charge is 2.50. The largest absolute Gasteiger partial charge is 0.339 e. The number of hydrogen-bond acceptors (Lipinski definition) is 4. The Balaban J connectivity index is 1.49. The van der Waals surface area contributed by atoms with E-state index in [-0.39, 0.29) is 5.91 Å². The highest BCUT2D eigenvalue weighted by atomic mass is 16.2. The van der Waals surface area contributed by atoms with E-state index in [0.717, 1.165) is 38.2 Å². The molecule has 1 N–H and O–H groups in total. The van der Waals surface area contributed by atoms with E-state index in [0.29, 0.717) is 6.67 Å². The van der Waals surface area contributed by atoms with E-state index < -0.39 is 5.54 Å². The second kappa shape index (κ2) is 6.24. The van der Waals surface area contributed by atoms with Gasteiger partial charge in [-0.3, -0.25) is 14.7 Å². The summed E-state index contributed by atoms with van der Waals surface area (Å²) in [5.74, 6) is 0.174. The molecule has 124 valence electrons. The molecule has 0 radical (unpaired) electrons. The highest BCUT2D eigenvalue weighted by molar-refractivity contribution is 5.93. The fourth-order valence-corrected chi connectivity index (χ4v) is 3.86. The molecule has 2 aliphatic rings. The molecule has 2 fully saturated rings. The second-order valence-electron chi connectivity index (χ2n) is 6.60. The van der Waals surface area contributed by atoms with Crippen LogP contribution in [0.2, 0.25) is 0 Å². The number of carbonyl (C=O) groups is 1. The van der Waals surface area contributed by atoms with Gasteiger partial charge in [-0.1, -0.05) is 24.3 Å². The molecule has 0 unspecified atom stereocenters. The van der Waals surface area contributed by atoms with Crippen molar-refractivity contribution < 1.29 is 4.79 Å². The third-order valence-corrected chi connectivity index (χ3v) is 5.22. The smallest absolute Gasteiger partial charge is 0.247 e. The zero-order valence-corrected chi connectivity index (χ0v) is 13.7. The van der Waals surface area contributed by atoms with Gasteiger partial charge in [-0.05, 0) is 36.6 Å². The van der Waals surface area contributed by atoms with Crippen molar-refractivity contribution >= 4 is 11.6 Å². The number of aromatic nitrogens is 1. The number of rotatable bonds is 3. The van der Waals surface area contributed by atoms with Crippen LogP contribution in [0.4, 0.5) is 5.69 Å². The summed E-state index contributed by atoms with van der Waals surface area (Å²) in [6.07, 6.45) is 5.43. The van der Waals surface area contributed by atoms with E-state index in [1.165, 1.54) is 5.56 Å². The van der Waals surface area contributed by atoms with Crippen molar-refractivity contribution in [3.8, 4) is 0 Å². The standard InChI is InChI=1S/C19H22N4O/c24-18-19(23(15-21-18)17-6-2-1-3-7-17)8-11-22(12-9-19)14-16-5-4-10-20-13-16/h1-7,10,13H,8-9,11-12,14-15H2,(H,21,24). The molecular formula is C19H22N4O. The Hall–Kier alpha value is -2.40. The Kier molecular flexibility index (Phi) is 3.94. The van der Waals surface area contributed by atoms with Crippen LogP contribution in [0.5, 0.6) is 0 Å². The fraction of sp³-hybridized carbons (Fsp3) is 0.368. The molecule has 2 aliphatic heterocycles. The van der Waals surface area contributed by atoms with Crippen LogP contribution in [0, 0.1) is 0 Å². The van der Waals surface area contributed by atoms with Crippen LogP contribution in [0.15, 0.2) is 54.9 Å². The van der Waals surface area contributed by atoms with Gasteiger partial charge in [0.25, 0.3) is 0 Å². The molecule has 0 aliphatic carbocycles. The number of benzene rings is 1. The van der Waals surface area contributed by atoms with Gasteiger partial charge in [0.1, 0.15) is 5.54 Å². The summed E-state index contributed by atoms with van der Waals surface area (Å²) >= 11 is 0. The van der Waals surface area contributed by atoms with Gasteiger partial charge in [-0.25, -0.2) is 0 Å². The van der Waals surface area contributed by atoms with Gasteiger partial charge in [0.05, 0.1) is 6.67 Å². The number of pyridine rings is 1. The van der Waals surface area contributed by atoms with Gasteiger partial charge >= 0.3 is 0 Å². The van der Waals surface area contributed by atoms with E-state index >= 15 is 0 Å². The molecule has 5 nitrogen and oxygen atoms in total. The van der Waals surface area contributed by atoms with Gasteiger partial charge in [-0.2, -0.15) is 0 Å². The molecule has 2 saturated heterocycles. The monoisotopic (exact) mass is 322 g/mol. The molecule has 1 aromatic carbocycles. The Morgan fingerprint density at radius 2 is 1.88 bits per heavy atom. The lowest BCUT2D eigenvalue weighted by molar-refractivity contribution is -0.125. The molecular weight excluding hydrogens is 300 g/mol. The molecule has 1 spiro atoms. The minimum Gasteiger partial charge on any atom is -0.339 e. The number of likely N-dealkylation sites (tertiary alicyclic amines) is 1. The third kappa shape index (κ3) is 2.65. The number of nitrogens with zero attached hydrogens (tertiary/aromatic N) is 3. The second-order valence-corrected chi connectivity index (χ2v) is 6.60. The maximum Gasteiger partial charge on any atom is 0.247 e. The number of carbonyl (C=O) groups excluding carboxylic acids is 1. The van der Waals surface area contributed by atoms with Crippen molar-refractivity contribution in [2.45, 2.75) is 24.9 Å². The topological polar surface area (TPSA) is 48.5 Å². The summed E-state index contributed by atoms with van der Waals surface area (Å²) in [6.45, 7) is 3.35. The number of amides is 1. The maximum atomic E-state index is 12.6. The van der Waals surface area contributed by atoms with Crippen LogP contribution in [-0.2, 0) is 11.3 Å². The summed E-state index contributed by atoms with van der Waals surface area (Å²) in [5.41, 5.74) is 1.95. The zero-order chi connectivity index (χ0) is 16.4. The molecule has 0 saturated carbocycles. The quantitative estimate of drug-likeness (QED) is 0.939. The predicted molar refractivity (Wildman–Crippen MR) is 93.4 cm³/mol. The van der Waals surface area contributed by atoms with Crippen LogP contribution in [-0.4, -0.2) is 41.1 Å². The first-order chi connectivity index (χ1) is 11.8. The van der Waals surface area contributed by atoms with E-state index in [2.05, 4.69) is 38.3 Å². The first-order valence-electron chi connectivity index (χ1n) is 8.50. The Bertz CT molecular complexity index is 696. The average molecular weight is 322 g/mol. The molecule has 2 aromatic rings. The Morgan fingerprint density at radius 1 is 1.08 bits per heavy atom. The fourth-order valence-electron chi connectivity index (χ4n) is 3.86. The first kappa shape index (κ1) is 15.1. The van der Waals surface area contributed by atoms with Gasteiger partial charge in [-0.15, -0.1) is 0 Å². The van der Waals surface area contributed by atoms with E-state index in [9.17, 15) is 4.79 Å². The Morgan fingerprint density at radius 3 is 2.58 bits per heavy atom. The molecule has 24 heavy (non-hydrogen) atoms. The molecule has 5 heteroatoms. The van der Waals surface area contributed by atoms with E-state index in [1.807, 2.05) is 30.5 Å². The highest BCUT2D eigenvalue weighted by Crippen LogP contribution is 2.36. The van der Waals surface area contributed by atoms with Gasteiger partial charge < -0.3 is 10.2 Å². The van der Waals surface area contributed by atoms with Crippen molar-refractivity contribution in [1.82, 2.24) is 15.2 Å². The van der Waals surface area contributed by atoms with Crippen molar-refractivity contribution in [1.29, 1.82) is 0 Å². The summed E-state index contributed by atoms with van der Waals surface area (Å²) in [4.78, 5) is 21.5. The minimum atomic E-state index is -0.396. The lowest BCUT2D eigenvalue weighted by Gasteiger charge is -2.43. The Labute approximate surface area is 142 Å². The summed E-state index contributed by atoms with van der Waals surface area (Å²) in [7, 11) is 0. The predicted octanol–water partition coefficient (Wildman–Crippen LogP) is 2.01. The van der Waals surface area contributed by atoms with Crippen molar-refractivity contribution in [3.05, 3.63) is 60.4 Å². The number of nitrogens with one attached hydrogen (secondary N) is 1. The number of para-hydroxylation sites is 1. The first-order valence-corrected chi connectivity index (χ1v) is 8.50. The lowest BCUT2D eigenvalue weighted by Crippen LogP contribution is -2.56. The van der Waals surface area contributed by atoms with Crippen LogP contribution in [0.25, 0.3) is 0 Å². The number of hydrogen-bond donors (Lipinski definition) is 1. The third-order valence-electron chi connectivity index (χ3n) is 5.22.